The molecule has 1 unspecified atom stereocenters. The van der Waals surface area contributed by atoms with Crippen LogP contribution in [0.5, 0.6) is 0 Å². The zero-order valence-electron chi connectivity index (χ0n) is 11.9. The smallest absolute Gasteiger partial charge is 0.129 e. The van der Waals surface area contributed by atoms with E-state index in [0.717, 1.165) is 0 Å². The van der Waals surface area contributed by atoms with Crippen molar-refractivity contribution >= 4 is 27.5 Å². The first-order chi connectivity index (χ1) is 8.64. The van der Waals surface area contributed by atoms with Crippen molar-refractivity contribution in [3.8, 4) is 0 Å². The van der Waals surface area contributed by atoms with Crippen LogP contribution >= 0.6 is 27.5 Å². The molecule has 106 valence electrons. The van der Waals surface area contributed by atoms with E-state index in [1.54, 1.807) is 6.07 Å². The summed E-state index contributed by atoms with van der Waals surface area (Å²) in [7, 11) is 1.88. The standard InChI is InChI=1S/C15H20BrClFN/c1-14(2)13(15(14,3)4)12(19-5)8-6-10(17)9(16)7-11(8)18/h6-7,12-13,19H,1-5H3. The van der Waals surface area contributed by atoms with Gasteiger partial charge >= 0.3 is 0 Å². The van der Waals surface area contributed by atoms with Crippen LogP contribution in [0.25, 0.3) is 0 Å². The van der Waals surface area contributed by atoms with Gasteiger partial charge in [0, 0.05) is 16.1 Å². The molecule has 1 aromatic rings. The zero-order chi connectivity index (χ0) is 14.6. The summed E-state index contributed by atoms with van der Waals surface area (Å²) in [5.74, 6) is 0.172. The summed E-state index contributed by atoms with van der Waals surface area (Å²) in [6, 6.07) is 3.16. The monoisotopic (exact) mass is 347 g/mol. The van der Waals surface area contributed by atoms with Gasteiger partial charge in [0.2, 0.25) is 0 Å². The maximum Gasteiger partial charge on any atom is 0.129 e. The Balaban J connectivity index is 2.43. The fourth-order valence-corrected chi connectivity index (χ4v) is 3.85. The summed E-state index contributed by atoms with van der Waals surface area (Å²) in [4.78, 5) is 0. The van der Waals surface area contributed by atoms with Crippen molar-refractivity contribution in [3.05, 3.63) is 33.0 Å². The Kier molecular flexibility index (Phi) is 3.79. The van der Waals surface area contributed by atoms with Crippen molar-refractivity contribution in [2.24, 2.45) is 16.7 Å². The van der Waals surface area contributed by atoms with Gasteiger partial charge in [-0.1, -0.05) is 39.3 Å². The van der Waals surface area contributed by atoms with Crippen LogP contribution in [-0.2, 0) is 0 Å². The highest BCUT2D eigenvalue weighted by molar-refractivity contribution is 9.10. The largest absolute Gasteiger partial charge is 0.313 e. The summed E-state index contributed by atoms with van der Waals surface area (Å²) < 4.78 is 14.8. The fourth-order valence-electron chi connectivity index (χ4n) is 3.36. The molecule has 4 heteroatoms. The SMILES string of the molecule is CNC(c1cc(Cl)c(Br)cc1F)C1C(C)(C)C1(C)C. The van der Waals surface area contributed by atoms with E-state index in [-0.39, 0.29) is 22.7 Å². The van der Waals surface area contributed by atoms with Crippen molar-refractivity contribution in [2.75, 3.05) is 7.05 Å². The lowest BCUT2D eigenvalue weighted by atomic mass is 9.96. The van der Waals surface area contributed by atoms with E-state index in [1.165, 1.54) is 6.07 Å². The molecule has 1 atom stereocenters. The molecule has 0 bridgehead atoms. The van der Waals surface area contributed by atoms with Gasteiger partial charge in [0.05, 0.1) is 5.02 Å². The number of hydrogen-bond donors (Lipinski definition) is 1. The predicted molar refractivity (Wildman–Crippen MR) is 82.0 cm³/mol. The van der Waals surface area contributed by atoms with Crippen molar-refractivity contribution in [1.29, 1.82) is 0 Å². The third-order valence-corrected chi connectivity index (χ3v) is 6.35. The van der Waals surface area contributed by atoms with Crippen LogP contribution in [0.2, 0.25) is 5.02 Å². The molecular weight excluding hydrogens is 329 g/mol. The molecule has 0 saturated heterocycles. The van der Waals surface area contributed by atoms with Gasteiger partial charge in [-0.3, -0.25) is 0 Å². The van der Waals surface area contributed by atoms with Crippen LogP contribution in [0.15, 0.2) is 16.6 Å². The Morgan fingerprint density at radius 2 is 1.79 bits per heavy atom. The number of hydrogen-bond acceptors (Lipinski definition) is 1. The Bertz CT molecular complexity index is 499. The number of benzene rings is 1. The highest BCUT2D eigenvalue weighted by atomic mass is 79.9. The van der Waals surface area contributed by atoms with E-state index in [2.05, 4.69) is 48.9 Å². The Morgan fingerprint density at radius 3 is 2.21 bits per heavy atom. The topological polar surface area (TPSA) is 12.0 Å². The highest BCUT2D eigenvalue weighted by Gasteiger charge is 2.67. The fraction of sp³-hybridized carbons (Fsp3) is 0.600. The first-order valence-corrected chi connectivity index (χ1v) is 7.63. The summed E-state index contributed by atoms with van der Waals surface area (Å²) in [5, 5.41) is 3.81. The lowest BCUT2D eigenvalue weighted by Gasteiger charge is -2.20. The van der Waals surface area contributed by atoms with E-state index in [0.29, 0.717) is 21.0 Å². The number of nitrogens with one attached hydrogen (secondary N) is 1. The van der Waals surface area contributed by atoms with E-state index >= 15 is 0 Å². The minimum absolute atomic E-state index is 0.0180. The molecule has 1 aromatic carbocycles. The molecule has 1 fully saturated rings. The summed E-state index contributed by atoms with van der Waals surface area (Å²) in [6.45, 7) is 8.95. The molecule has 0 heterocycles. The molecular formula is C15H20BrClFN. The van der Waals surface area contributed by atoms with Crippen LogP contribution < -0.4 is 5.32 Å². The van der Waals surface area contributed by atoms with Crippen LogP contribution in [0.3, 0.4) is 0 Å². The minimum Gasteiger partial charge on any atom is -0.313 e. The van der Waals surface area contributed by atoms with Gasteiger partial charge in [-0.25, -0.2) is 4.39 Å². The van der Waals surface area contributed by atoms with Gasteiger partial charge in [-0.05, 0) is 51.9 Å². The Hall–Kier alpha value is -0.120. The maximum absolute atomic E-state index is 14.2. The predicted octanol–water partition coefficient (Wildman–Crippen LogP) is 5.18. The van der Waals surface area contributed by atoms with E-state index in [9.17, 15) is 4.39 Å². The Morgan fingerprint density at radius 1 is 1.26 bits per heavy atom. The van der Waals surface area contributed by atoms with Crippen LogP contribution in [0.4, 0.5) is 4.39 Å². The average molecular weight is 349 g/mol. The molecule has 0 aliphatic heterocycles. The molecule has 1 N–H and O–H groups in total. The third-order valence-electron chi connectivity index (χ3n) is 5.15. The van der Waals surface area contributed by atoms with Crippen molar-refractivity contribution in [2.45, 2.75) is 33.7 Å². The van der Waals surface area contributed by atoms with Gasteiger partial charge in [-0.2, -0.15) is 0 Å². The third kappa shape index (κ3) is 2.24. The van der Waals surface area contributed by atoms with Gasteiger partial charge in [0.15, 0.2) is 0 Å². The van der Waals surface area contributed by atoms with E-state index in [4.69, 9.17) is 11.6 Å². The second-order valence-electron chi connectivity index (χ2n) is 6.48. The molecule has 0 radical (unpaired) electrons. The first kappa shape index (κ1) is 15.3. The summed E-state index contributed by atoms with van der Waals surface area (Å²) in [6.07, 6.45) is 0. The van der Waals surface area contributed by atoms with Gasteiger partial charge in [0.25, 0.3) is 0 Å². The quantitative estimate of drug-likeness (QED) is 0.742. The molecule has 1 aliphatic rings. The molecule has 1 aliphatic carbocycles. The van der Waals surface area contributed by atoms with Crippen molar-refractivity contribution < 1.29 is 4.39 Å². The Labute approximate surface area is 128 Å². The van der Waals surface area contributed by atoms with E-state index < -0.39 is 0 Å². The van der Waals surface area contributed by atoms with Crippen molar-refractivity contribution in [3.63, 3.8) is 0 Å². The van der Waals surface area contributed by atoms with Crippen LogP contribution in [0.1, 0.15) is 39.3 Å². The van der Waals surface area contributed by atoms with Crippen LogP contribution in [0, 0.1) is 22.6 Å². The lowest BCUT2D eigenvalue weighted by Crippen LogP contribution is -2.22. The first-order valence-electron chi connectivity index (χ1n) is 6.46. The normalized spacial score (nSPS) is 22.3. The molecule has 1 saturated carbocycles. The summed E-state index contributed by atoms with van der Waals surface area (Å²) in [5.41, 5.74) is 1.03. The highest BCUT2D eigenvalue weighted by Crippen LogP contribution is 2.72. The van der Waals surface area contributed by atoms with Gasteiger partial charge in [-0.15, -0.1) is 0 Å². The molecule has 19 heavy (non-hydrogen) atoms. The molecule has 0 amide bonds. The van der Waals surface area contributed by atoms with Gasteiger partial charge in [0.1, 0.15) is 5.82 Å². The lowest BCUT2D eigenvalue weighted by molar-refractivity contribution is 0.421. The number of rotatable bonds is 3. The van der Waals surface area contributed by atoms with Crippen molar-refractivity contribution in [1.82, 2.24) is 5.32 Å². The molecule has 1 nitrogen and oxygen atoms in total. The van der Waals surface area contributed by atoms with Gasteiger partial charge < -0.3 is 5.32 Å². The molecule has 0 aromatic heterocycles. The summed E-state index contributed by atoms with van der Waals surface area (Å²) >= 11 is 9.37. The second-order valence-corrected chi connectivity index (χ2v) is 7.74. The number of halogens is 3. The van der Waals surface area contributed by atoms with E-state index in [1.807, 2.05) is 7.05 Å². The van der Waals surface area contributed by atoms with Crippen LogP contribution in [-0.4, -0.2) is 7.05 Å². The zero-order valence-corrected chi connectivity index (χ0v) is 14.3. The second kappa shape index (κ2) is 4.71. The molecule has 0 spiro atoms. The maximum atomic E-state index is 14.2. The average Bonchev–Trinajstić information content (AvgIpc) is 2.69. The molecule has 2 rings (SSSR count). The minimum atomic E-state index is -0.214.